The molecule has 0 saturated carbocycles. The molecule has 7 heteroatoms. The maximum Gasteiger partial charge on any atom is 0.258 e. The van der Waals surface area contributed by atoms with Crippen LogP contribution in [-0.2, 0) is 11.2 Å². The number of aryl methyl sites for hydroxylation is 1. The molecule has 142 valence electrons. The van der Waals surface area contributed by atoms with Crippen molar-refractivity contribution < 1.29 is 14.0 Å². The van der Waals surface area contributed by atoms with Crippen LogP contribution in [0, 0.1) is 5.82 Å². The summed E-state index contributed by atoms with van der Waals surface area (Å²) in [5.74, 6) is -0.640. The highest BCUT2D eigenvalue weighted by molar-refractivity contribution is 7.14. The number of carbonyl (C=O) groups excluding carboxylic acids is 2. The van der Waals surface area contributed by atoms with Crippen molar-refractivity contribution in [2.45, 2.75) is 19.8 Å². The number of halogens is 1. The van der Waals surface area contributed by atoms with Crippen molar-refractivity contribution in [1.29, 1.82) is 0 Å². The second kappa shape index (κ2) is 7.52. The van der Waals surface area contributed by atoms with Crippen LogP contribution in [0.3, 0.4) is 0 Å². The molecule has 0 fully saturated rings. The van der Waals surface area contributed by atoms with Crippen LogP contribution in [0.4, 0.5) is 15.2 Å². The van der Waals surface area contributed by atoms with Crippen molar-refractivity contribution in [3.05, 3.63) is 64.8 Å². The normalized spacial score (nSPS) is 13.1. The van der Waals surface area contributed by atoms with Crippen molar-refractivity contribution in [3.8, 4) is 11.3 Å². The number of benzene rings is 2. The van der Waals surface area contributed by atoms with Gasteiger partial charge in [-0.2, -0.15) is 0 Å². The number of aromatic nitrogens is 1. The molecule has 2 aromatic carbocycles. The van der Waals surface area contributed by atoms with Gasteiger partial charge in [-0.05, 0) is 54.8 Å². The Morgan fingerprint density at radius 1 is 1.18 bits per heavy atom. The number of anilines is 2. The van der Waals surface area contributed by atoms with E-state index < -0.39 is 0 Å². The fraction of sp³-hybridized carbons (Fsp3) is 0.190. The highest BCUT2D eigenvalue weighted by Gasteiger charge is 2.24. The predicted octanol–water partition coefficient (Wildman–Crippen LogP) is 4.50. The maximum absolute atomic E-state index is 13.2. The molecule has 0 aliphatic carbocycles. The summed E-state index contributed by atoms with van der Waals surface area (Å²) in [4.78, 5) is 30.3. The zero-order valence-corrected chi connectivity index (χ0v) is 16.1. The average molecular weight is 395 g/mol. The topological polar surface area (TPSA) is 62.3 Å². The van der Waals surface area contributed by atoms with E-state index in [9.17, 15) is 14.0 Å². The minimum atomic E-state index is -0.359. The van der Waals surface area contributed by atoms with E-state index in [0.717, 1.165) is 35.3 Å². The van der Waals surface area contributed by atoms with Crippen molar-refractivity contribution in [1.82, 2.24) is 4.98 Å². The lowest BCUT2D eigenvalue weighted by molar-refractivity contribution is -0.114. The first kappa shape index (κ1) is 18.3. The number of nitrogens with zero attached hydrogens (tertiary/aromatic N) is 2. The summed E-state index contributed by atoms with van der Waals surface area (Å²) in [5, 5.41) is 5.15. The number of hydrogen-bond acceptors (Lipinski definition) is 4. The van der Waals surface area contributed by atoms with Gasteiger partial charge in [0, 0.05) is 35.7 Å². The lowest BCUT2D eigenvalue weighted by atomic mass is 9.97. The number of fused-ring (bicyclic) bond motifs is 1. The lowest BCUT2D eigenvalue weighted by Crippen LogP contribution is -2.35. The van der Waals surface area contributed by atoms with Gasteiger partial charge in [0.05, 0.1) is 5.69 Å². The zero-order valence-electron chi connectivity index (χ0n) is 15.2. The molecular formula is C21H18FN3O2S. The van der Waals surface area contributed by atoms with E-state index in [1.54, 1.807) is 4.90 Å². The molecule has 0 spiro atoms. The fourth-order valence-electron chi connectivity index (χ4n) is 3.33. The predicted molar refractivity (Wildman–Crippen MR) is 108 cm³/mol. The molecule has 0 radical (unpaired) electrons. The van der Waals surface area contributed by atoms with Crippen molar-refractivity contribution in [3.63, 3.8) is 0 Å². The monoisotopic (exact) mass is 395 g/mol. The van der Waals surface area contributed by atoms with Gasteiger partial charge >= 0.3 is 0 Å². The highest BCUT2D eigenvalue weighted by atomic mass is 32.1. The third kappa shape index (κ3) is 3.66. The van der Waals surface area contributed by atoms with Crippen LogP contribution in [0.2, 0.25) is 0 Å². The third-order valence-electron chi connectivity index (χ3n) is 4.62. The molecule has 28 heavy (non-hydrogen) atoms. The van der Waals surface area contributed by atoms with E-state index in [-0.39, 0.29) is 17.6 Å². The first-order valence-corrected chi connectivity index (χ1v) is 9.83. The van der Waals surface area contributed by atoms with Gasteiger partial charge in [0.1, 0.15) is 5.82 Å². The molecule has 4 rings (SSSR count). The summed E-state index contributed by atoms with van der Waals surface area (Å²) in [6.45, 7) is 2.08. The molecule has 1 N–H and O–H groups in total. The Balaban J connectivity index is 1.62. The SMILES string of the molecule is CC(=O)Nc1nc(-c2ccc3c(c2)CCCN3C(=O)c2ccc(F)cc2)cs1. The van der Waals surface area contributed by atoms with Gasteiger partial charge in [-0.15, -0.1) is 11.3 Å². The highest BCUT2D eigenvalue weighted by Crippen LogP contribution is 2.33. The summed E-state index contributed by atoms with van der Waals surface area (Å²) in [7, 11) is 0. The minimum Gasteiger partial charge on any atom is -0.308 e. The summed E-state index contributed by atoms with van der Waals surface area (Å²) in [6, 6.07) is 11.5. The number of amides is 2. The molecule has 0 bridgehead atoms. The van der Waals surface area contributed by atoms with Crippen LogP contribution in [0.1, 0.15) is 29.3 Å². The Labute approximate surface area is 165 Å². The van der Waals surface area contributed by atoms with E-state index in [2.05, 4.69) is 10.3 Å². The summed E-state index contributed by atoms with van der Waals surface area (Å²) in [6.07, 6.45) is 1.73. The van der Waals surface area contributed by atoms with E-state index >= 15 is 0 Å². The largest absolute Gasteiger partial charge is 0.308 e. The van der Waals surface area contributed by atoms with Gasteiger partial charge in [0.25, 0.3) is 5.91 Å². The van der Waals surface area contributed by atoms with Gasteiger partial charge in [-0.25, -0.2) is 9.37 Å². The van der Waals surface area contributed by atoms with Gasteiger partial charge in [-0.1, -0.05) is 6.07 Å². The van der Waals surface area contributed by atoms with Crippen LogP contribution in [0.15, 0.2) is 47.8 Å². The number of hydrogen-bond donors (Lipinski definition) is 1. The van der Waals surface area contributed by atoms with E-state index in [0.29, 0.717) is 17.2 Å². The Morgan fingerprint density at radius 2 is 1.96 bits per heavy atom. The summed E-state index contributed by atoms with van der Waals surface area (Å²) in [5.41, 5.74) is 4.16. The quantitative estimate of drug-likeness (QED) is 0.710. The molecule has 0 atom stereocenters. The smallest absolute Gasteiger partial charge is 0.258 e. The first-order valence-electron chi connectivity index (χ1n) is 8.95. The minimum absolute atomic E-state index is 0.129. The Bertz CT molecular complexity index is 1050. The van der Waals surface area contributed by atoms with Crippen LogP contribution >= 0.6 is 11.3 Å². The zero-order chi connectivity index (χ0) is 19.7. The Hall–Kier alpha value is -3.06. The molecule has 1 aliphatic rings. The van der Waals surface area contributed by atoms with E-state index in [1.807, 2.05) is 23.6 Å². The molecule has 0 saturated heterocycles. The molecule has 1 aliphatic heterocycles. The molecule has 2 amide bonds. The fourth-order valence-corrected chi connectivity index (χ4v) is 4.10. The van der Waals surface area contributed by atoms with Crippen LogP contribution < -0.4 is 10.2 Å². The van der Waals surface area contributed by atoms with Crippen LogP contribution in [-0.4, -0.2) is 23.3 Å². The molecule has 2 heterocycles. The van der Waals surface area contributed by atoms with Gasteiger partial charge < -0.3 is 10.2 Å². The number of nitrogens with one attached hydrogen (secondary N) is 1. The van der Waals surface area contributed by atoms with Gasteiger partial charge in [0.15, 0.2) is 5.13 Å². The van der Waals surface area contributed by atoms with Gasteiger partial charge in [0.2, 0.25) is 5.91 Å². The van der Waals surface area contributed by atoms with Gasteiger partial charge in [-0.3, -0.25) is 9.59 Å². The van der Waals surface area contributed by atoms with Crippen LogP contribution in [0.5, 0.6) is 0 Å². The van der Waals surface area contributed by atoms with Crippen molar-refractivity contribution in [2.24, 2.45) is 0 Å². The average Bonchev–Trinajstić information content (AvgIpc) is 3.15. The molecule has 3 aromatic rings. The Morgan fingerprint density at radius 3 is 2.71 bits per heavy atom. The number of carbonyl (C=O) groups is 2. The standard InChI is InChI=1S/C21H18FN3O2S/c1-13(26)23-21-24-18(12-28-21)15-6-9-19-16(11-15)3-2-10-25(19)20(27)14-4-7-17(22)8-5-14/h4-9,11-12H,2-3,10H2,1H3,(H,23,24,26). The molecule has 5 nitrogen and oxygen atoms in total. The molecule has 0 unspecified atom stereocenters. The lowest BCUT2D eigenvalue weighted by Gasteiger charge is -2.30. The second-order valence-corrected chi connectivity index (χ2v) is 7.49. The van der Waals surface area contributed by atoms with E-state index in [4.69, 9.17) is 0 Å². The summed E-state index contributed by atoms with van der Waals surface area (Å²) < 4.78 is 13.2. The second-order valence-electron chi connectivity index (χ2n) is 6.63. The van der Waals surface area contributed by atoms with E-state index in [1.165, 1.54) is 42.5 Å². The van der Waals surface area contributed by atoms with Crippen molar-refractivity contribution >= 4 is 34.0 Å². The van der Waals surface area contributed by atoms with Crippen molar-refractivity contribution in [2.75, 3.05) is 16.8 Å². The maximum atomic E-state index is 13.2. The Kier molecular flexibility index (Phi) is 4.92. The summed E-state index contributed by atoms with van der Waals surface area (Å²) >= 11 is 1.38. The number of thiazole rings is 1. The first-order chi connectivity index (χ1) is 13.5. The third-order valence-corrected chi connectivity index (χ3v) is 5.38. The molecular weight excluding hydrogens is 377 g/mol. The molecule has 1 aromatic heterocycles. The van der Waals surface area contributed by atoms with Crippen LogP contribution in [0.25, 0.3) is 11.3 Å². The number of rotatable bonds is 3.